The van der Waals surface area contributed by atoms with Crippen LogP contribution in [0.1, 0.15) is 6.42 Å². The quantitative estimate of drug-likeness (QED) is 0.374. The number of nitrogens with zero attached hydrogens (tertiary/aromatic N) is 4. The summed E-state index contributed by atoms with van der Waals surface area (Å²) in [5, 5.41) is 3.25. The summed E-state index contributed by atoms with van der Waals surface area (Å²) in [6, 6.07) is 6.82. The highest BCUT2D eigenvalue weighted by Gasteiger charge is 2.28. The molecule has 27 heavy (non-hydrogen) atoms. The first-order chi connectivity index (χ1) is 12.5. The predicted octanol–water partition coefficient (Wildman–Crippen LogP) is 1.18. The fourth-order valence-electron chi connectivity index (χ4n) is 3.43. The van der Waals surface area contributed by atoms with Gasteiger partial charge in [-0.15, -0.1) is 24.0 Å². The van der Waals surface area contributed by atoms with Crippen LogP contribution in [0.5, 0.6) is 0 Å². The second-order valence-electron chi connectivity index (χ2n) is 6.47. The maximum atomic E-state index is 13.9. The van der Waals surface area contributed by atoms with Crippen molar-refractivity contribution in [1.82, 2.24) is 14.5 Å². The number of nitrogens with one attached hydrogen (secondary N) is 1. The second-order valence-corrected chi connectivity index (χ2v) is 8.56. The highest BCUT2D eigenvalue weighted by atomic mass is 127. The van der Waals surface area contributed by atoms with Gasteiger partial charge in [-0.3, -0.25) is 4.99 Å². The highest BCUT2D eigenvalue weighted by Crippen LogP contribution is 2.20. The Hall–Kier alpha value is -1.14. The van der Waals surface area contributed by atoms with Gasteiger partial charge in [0.15, 0.2) is 5.96 Å². The minimum absolute atomic E-state index is 0. The number of para-hydroxylation sites is 1. The first-order valence-corrected chi connectivity index (χ1v) is 10.5. The molecule has 0 atom stereocenters. The van der Waals surface area contributed by atoms with Crippen LogP contribution in [0.3, 0.4) is 0 Å². The van der Waals surface area contributed by atoms with Crippen LogP contribution in [0.15, 0.2) is 29.3 Å². The Morgan fingerprint density at radius 3 is 2.48 bits per heavy atom. The molecular weight excluding hydrogens is 484 g/mol. The summed E-state index contributed by atoms with van der Waals surface area (Å²) < 4.78 is 39.1. The summed E-state index contributed by atoms with van der Waals surface area (Å²) in [7, 11) is -1.34. The third-order valence-corrected chi connectivity index (χ3v) is 6.79. The van der Waals surface area contributed by atoms with E-state index in [9.17, 15) is 12.8 Å². The fraction of sp³-hybridized carbons (Fsp3) is 0.588. The molecule has 152 valence electrons. The Morgan fingerprint density at radius 1 is 1.19 bits per heavy atom. The van der Waals surface area contributed by atoms with Crippen molar-refractivity contribution in [3.05, 3.63) is 30.1 Å². The Labute approximate surface area is 177 Å². The van der Waals surface area contributed by atoms with Crippen molar-refractivity contribution in [3.8, 4) is 0 Å². The molecule has 7 nitrogen and oxygen atoms in total. The summed E-state index contributed by atoms with van der Waals surface area (Å²) in [4.78, 5) is 8.46. The van der Waals surface area contributed by atoms with Crippen molar-refractivity contribution in [2.45, 2.75) is 6.42 Å². The SMILES string of the molecule is CN=C(NCCN1CCCS1(=O)=O)N1CCN(c2ccccc2F)CC1.I. The lowest BCUT2D eigenvalue weighted by Crippen LogP contribution is -2.53. The lowest BCUT2D eigenvalue weighted by atomic mass is 10.2. The molecule has 0 unspecified atom stereocenters. The number of hydrogen-bond acceptors (Lipinski definition) is 4. The van der Waals surface area contributed by atoms with Gasteiger partial charge < -0.3 is 15.1 Å². The van der Waals surface area contributed by atoms with Crippen LogP contribution >= 0.6 is 24.0 Å². The lowest BCUT2D eigenvalue weighted by molar-refractivity contribution is 0.367. The minimum atomic E-state index is -3.06. The van der Waals surface area contributed by atoms with E-state index in [0.717, 1.165) is 19.0 Å². The van der Waals surface area contributed by atoms with Gasteiger partial charge in [-0.05, 0) is 18.6 Å². The number of guanidine groups is 1. The van der Waals surface area contributed by atoms with Gasteiger partial charge in [-0.25, -0.2) is 17.1 Å². The van der Waals surface area contributed by atoms with Crippen LogP contribution in [0.2, 0.25) is 0 Å². The van der Waals surface area contributed by atoms with Gasteiger partial charge in [0.1, 0.15) is 5.82 Å². The number of benzene rings is 1. The predicted molar refractivity (Wildman–Crippen MR) is 117 cm³/mol. The molecule has 0 bridgehead atoms. The number of hydrogen-bond donors (Lipinski definition) is 1. The smallest absolute Gasteiger partial charge is 0.214 e. The van der Waals surface area contributed by atoms with E-state index in [2.05, 4.69) is 15.2 Å². The number of rotatable bonds is 4. The van der Waals surface area contributed by atoms with Crippen LogP contribution in [0, 0.1) is 5.82 Å². The normalized spacial score (nSPS) is 20.4. The van der Waals surface area contributed by atoms with E-state index >= 15 is 0 Å². The van der Waals surface area contributed by atoms with Crippen LogP contribution in [-0.2, 0) is 10.0 Å². The number of halogens is 2. The number of anilines is 1. The Kier molecular flexibility index (Phi) is 8.10. The average Bonchev–Trinajstić information content (AvgIpc) is 2.98. The van der Waals surface area contributed by atoms with E-state index in [4.69, 9.17) is 0 Å². The largest absolute Gasteiger partial charge is 0.366 e. The first-order valence-electron chi connectivity index (χ1n) is 8.94. The van der Waals surface area contributed by atoms with Crippen LogP contribution in [-0.4, -0.2) is 82.2 Å². The van der Waals surface area contributed by atoms with Crippen molar-refractivity contribution in [2.24, 2.45) is 4.99 Å². The molecule has 2 aliphatic rings. The molecule has 2 saturated heterocycles. The Bertz CT molecular complexity index is 753. The zero-order valence-corrected chi connectivity index (χ0v) is 18.6. The van der Waals surface area contributed by atoms with Gasteiger partial charge in [-0.1, -0.05) is 12.1 Å². The standard InChI is InChI=1S/C17H26FN5O2S.HI/c1-19-17(20-7-9-23-8-4-14-26(23,24)25)22-12-10-21(11-13-22)16-6-3-2-5-15(16)18;/h2-3,5-6H,4,7-14H2,1H3,(H,19,20);1H. The summed E-state index contributed by atoms with van der Waals surface area (Å²) in [6.07, 6.45) is 0.703. The van der Waals surface area contributed by atoms with Crippen molar-refractivity contribution in [2.75, 3.05) is 63.5 Å². The van der Waals surface area contributed by atoms with Crippen LogP contribution in [0.25, 0.3) is 0 Å². The Morgan fingerprint density at radius 2 is 1.89 bits per heavy atom. The molecule has 0 amide bonds. The lowest BCUT2D eigenvalue weighted by Gasteiger charge is -2.37. The summed E-state index contributed by atoms with van der Waals surface area (Å²) in [6.45, 7) is 4.47. The molecule has 2 fully saturated rings. The fourth-order valence-corrected chi connectivity index (χ4v) is 4.96. The molecule has 0 aromatic heterocycles. The van der Waals surface area contributed by atoms with E-state index in [0.29, 0.717) is 44.8 Å². The topological polar surface area (TPSA) is 68.2 Å². The summed E-state index contributed by atoms with van der Waals surface area (Å²) in [5.41, 5.74) is 0.634. The third kappa shape index (κ3) is 5.44. The van der Waals surface area contributed by atoms with Crippen molar-refractivity contribution in [3.63, 3.8) is 0 Å². The van der Waals surface area contributed by atoms with Crippen molar-refractivity contribution in [1.29, 1.82) is 0 Å². The van der Waals surface area contributed by atoms with Gasteiger partial charge in [0.05, 0.1) is 11.4 Å². The van der Waals surface area contributed by atoms with E-state index in [-0.39, 0.29) is 35.5 Å². The molecule has 1 aromatic rings. The van der Waals surface area contributed by atoms with Crippen LogP contribution in [0.4, 0.5) is 10.1 Å². The van der Waals surface area contributed by atoms with Gasteiger partial charge >= 0.3 is 0 Å². The molecule has 0 aliphatic carbocycles. The van der Waals surface area contributed by atoms with E-state index in [1.165, 1.54) is 10.4 Å². The molecule has 10 heteroatoms. The molecule has 3 rings (SSSR count). The number of piperazine rings is 1. The van der Waals surface area contributed by atoms with Crippen LogP contribution < -0.4 is 10.2 Å². The summed E-state index contributed by atoms with van der Waals surface area (Å²) >= 11 is 0. The van der Waals surface area contributed by atoms with E-state index < -0.39 is 10.0 Å². The van der Waals surface area contributed by atoms with E-state index in [1.807, 2.05) is 11.0 Å². The van der Waals surface area contributed by atoms with Gasteiger partial charge in [0.25, 0.3) is 0 Å². The molecule has 0 radical (unpaired) electrons. The maximum absolute atomic E-state index is 13.9. The van der Waals surface area contributed by atoms with Gasteiger partial charge in [-0.2, -0.15) is 0 Å². The van der Waals surface area contributed by atoms with Gasteiger partial charge in [0, 0.05) is 52.9 Å². The number of sulfonamides is 1. The van der Waals surface area contributed by atoms with Crippen molar-refractivity contribution < 1.29 is 12.8 Å². The zero-order valence-electron chi connectivity index (χ0n) is 15.5. The van der Waals surface area contributed by atoms with E-state index in [1.54, 1.807) is 19.2 Å². The molecule has 1 aromatic carbocycles. The molecule has 2 heterocycles. The molecule has 0 saturated carbocycles. The highest BCUT2D eigenvalue weighted by molar-refractivity contribution is 14.0. The zero-order chi connectivity index (χ0) is 18.6. The third-order valence-electron chi connectivity index (χ3n) is 4.83. The minimum Gasteiger partial charge on any atom is -0.366 e. The van der Waals surface area contributed by atoms with Gasteiger partial charge in [0.2, 0.25) is 10.0 Å². The molecule has 2 aliphatic heterocycles. The summed E-state index contributed by atoms with van der Waals surface area (Å²) in [5.74, 6) is 0.810. The molecule has 0 spiro atoms. The Balaban J connectivity index is 0.00000261. The molecule has 1 N–H and O–H groups in total. The van der Waals surface area contributed by atoms with Crippen molar-refractivity contribution >= 4 is 45.6 Å². The maximum Gasteiger partial charge on any atom is 0.214 e. The molecular formula is C17H27FIN5O2S. The monoisotopic (exact) mass is 511 g/mol. The number of aliphatic imine (C=N–C) groups is 1. The average molecular weight is 511 g/mol. The first kappa shape index (κ1) is 22.2. The second kappa shape index (κ2) is 9.87.